The number of ether oxygens (including phenoxy) is 1. The molecule has 0 unspecified atom stereocenters. The molecule has 0 aliphatic carbocycles. The van der Waals surface area contributed by atoms with E-state index in [9.17, 15) is 9.59 Å². The number of esters is 1. The zero-order chi connectivity index (χ0) is 15.2. The van der Waals surface area contributed by atoms with Crippen molar-refractivity contribution in [1.29, 1.82) is 0 Å². The van der Waals surface area contributed by atoms with Gasteiger partial charge in [-0.1, -0.05) is 42.5 Å². The summed E-state index contributed by atoms with van der Waals surface area (Å²) in [5.41, 5.74) is 1.58. The maximum atomic E-state index is 11.7. The number of aromatic nitrogens is 3. The summed E-state index contributed by atoms with van der Waals surface area (Å²) < 4.78 is 6.45. The van der Waals surface area contributed by atoms with Gasteiger partial charge < -0.3 is 4.74 Å². The van der Waals surface area contributed by atoms with Crippen LogP contribution in [-0.4, -0.2) is 33.4 Å². The van der Waals surface area contributed by atoms with Crippen molar-refractivity contribution in [3.63, 3.8) is 0 Å². The number of benzene rings is 1. The minimum Gasteiger partial charge on any atom is -0.464 e. The first-order valence-corrected chi connectivity index (χ1v) is 6.79. The second kappa shape index (κ2) is 6.78. The highest BCUT2D eigenvalue weighted by Crippen LogP contribution is 2.22. The minimum absolute atomic E-state index is 0.0650. The predicted octanol–water partition coefficient (Wildman–Crippen LogP) is 2.10. The summed E-state index contributed by atoms with van der Waals surface area (Å²) in [6.45, 7) is 3.65. The SMILES string of the molecule is CCCOC(=O)Cn1nnc(C(C)=O)c1-c1ccccc1. The number of hydrogen-bond donors (Lipinski definition) is 0. The average Bonchev–Trinajstić information content (AvgIpc) is 2.89. The van der Waals surface area contributed by atoms with Gasteiger partial charge in [-0.3, -0.25) is 9.59 Å². The fraction of sp³-hybridized carbons (Fsp3) is 0.333. The quantitative estimate of drug-likeness (QED) is 0.601. The van der Waals surface area contributed by atoms with Gasteiger partial charge in [0.25, 0.3) is 0 Å². The van der Waals surface area contributed by atoms with E-state index in [-0.39, 0.29) is 18.0 Å². The van der Waals surface area contributed by atoms with Crippen molar-refractivity contribution in [1.82, 2.24) is 15.0 Å². The summed E-state index contributed by atoms with van der Waals surface area (Å²) in [6.07, 6.45) is 0.757. The van der Waals surface area contributed by atoms with E-state index in [1.807, 2.05) is 37.3 Å². The molecule has 110 valence electrons. The highest BCUT2D eigenvalue weighted by Gasteiger charge is 2.20. The van der Waals surface area contributed by atoms with E-state index in [0.717, 1.165) is 12.0 Å². The molecule has 1 aromatic heterocycles. The largest absolute Gasteiger partial charge is 0.464 e. The molecule has 0 fully saturated rings. The topological polar surface area (TPSA) is 74.1 Å². The van der Waals surface area contributed by atoms with Crippen LogP contribution in [0.4, 0.5) is 0 Å². The molecule has 0 saturated carbocycles. The number of carbonyl (C=O) groups excluding carboxylic acids is 2. The fourth-order valence-corrected chi connectivity index (χ4v) is 1.93. The lowest BCUT2D eigenvalue weighted by Gasteiger charge is -2.07. The standard InChI is InChI=1S/C15H17N3O3/c1-3-9-21-13(20)10-18-15(12-7-5-4-6-8-12)14(11(2)19)16-17-18/h4-8H,3,9-10H2,1-2H3. The summed E-state index contributed by atoms with van der Waals surface area (Å²) in [5.74, 6) is -0.587. The Morgan fingerprint density at radius 2 is 1.95 bits per heavy atom. The molecular weight excluding hydrogens is 270 g/mol. The lowest BCUT2D eigenvalue weighted by Crippen LogP contribution is -2.16. The highest BCUT2D eigenvalue weighted by molar-refractivity contribution is 5.98. The maximum absolute atomic E-state index is 11.7. The number of carbonyl (C=O) groups is 2. The van der Waals surface area contributed by atoms with Crippen molar-refractivity contribution in [3.05, 3.63) is 36.0 Å². The molecule has 0 N–H and O–H groups in total. The second-order valence-corrected chi connectivity index (χ2v) is 4.59. The third-order valence-electron chi connectivity index (χ3n) is 2.86. The summed E-state index contributed by atoms with van der Waals surface area (Å²) in [4.78, 5) is 23.4. The van der Waals surface area contributed by atoms with E-state index in [1.165, 1.54) is 11.6 Å². The maximum Gasteiger partial charge on any atom is 0.327 e. The van der Waals surface area contributed by atoms with Crippen LogP contribution in [0.5, 0.6) is 0 Å². The molecule has 0 amide bonds. The van der Waals surface area contributed by atoms with Gasteiger partial charge in [-0.2, -0.15) is 0 Å². The predicted molar refractivity (Wildman–Crippen MR) is 76.7 cm³/mol. The Balaban J connectivity index is 2.34. The average molecular weight is 287 g/mol. The first-order valence-electron chi connectivity index (χ1n) is 6.79. The Labute approximate surface area is 122 Å². The molecule has 2 rings (SSSR count). The Morgan fingerprint density at radius 3 is 2.57 bits per heavy atom. The monoisotopic (exact) mass is 287 g/mol. The van der Waals surface area contributed by atoms with Crippen molar-refractivity contribution in [2.75, 3.05) is 6.61 Å². The molecule has 6 nitrogen and oxygen atoms in total. The van der Waals surface area contributed by atoms with Gasteiger partial charge >= 0.3 is 5.97 Å². The van der Waals surface area contributed by atoms with Gasteiger partial charge in [0.05, 0.1) is 6.61 Å². The van der Waals surface area contributed by atoms with Crippen LogP contribution < -0.4 is 0 Å². The van der Waals surface area contributed by atoms with Crippen LogP contribution in [-0.2, 0) is 16.1 Å². The lowest BCUT2D eigenvalue weighted by atomic mass is 10.1. The smallest absolute Gasteiger partial charge is 0.327 e. The Kier molecular flexibility index (Phi) is 4.81. The van der Waals surface area contributed by atoms with Crippen molar-refractivity contribution in [2.24, 2.45) is 0 Å². The molecule has 6 heteroatoms. The molecule has 2 aromatic rings. The summed E-state index contributed by atoms with van der Waals surface area (Å²) in [7, 11) is 0. The molecule has 0 aliphatic rings. The van der Waals surface area contributed by atoms with Gasteiger partial charge in [-0.15, -0.1) is 5.10 Å². The van der Waals surface area contributed by atoms with E-state index in [1.54, 1.807) is 0 Å². The van der Waals surface area contributed by atoms with Crippen molar-refractivity contribution in [3.8, 4) is 11.3 Å². The third kappa shape index (κ3) is 3.53. The molecule has 0 saturated heterocycles. The summed E-state index contributed by atoms with van der Waals surface area (Å²) >= 11 is 0. The minimum atomic E-state index is -0.394. The molecule has 0 spiro atoms. The number of rotatable bonds is 6. The van der Waals surface area contributed by atoms with Gasteiger partial charge in [0.2, 0.25) is 0 Å². The summed E-state index contributed by atoms with van der Waals surface area (Å²) in [5, 5.41) is 7.79. The number of Topliss-reactive ketones (excluding diaryl/α,β-unsaturated/α-hetero) is 1. The Bertz CT molecular complexity index is 635. The highest BCUT2D eigenvalue weighted by atomic mass is 16.5. The first-order chi connectivity index (χ1) is 10.1. The normalized spacial score (nSPS) is 10.4. The zero-order valence-corrected chi connectivity index (χ0v) is 12.1. The zero-order valence-electron chi connectivity index (χ0n) is 12.1. The van der Waals surface area contributed by atoms with Gasteiger partial charge in [-0.05, 0) is 6.42 Å². The van der Waals surface area contributed by atoms with E-state index < -0.39 is 5.97 Å². The van der Waals surface area contributed by atoms with Crippen LogP contribution in [0.1, 0.15) is 30.8 Å². The molecule has 0 atom stereocenters. The molecule has 21 heavy (non-hydrogen) atoms. The van der Waals surface area contributed by atoms with Crippen molar-refractivity contribution in [2.45, 2.75) is 26.8 Å². The molecule has 1 aromatic carbocycles. The van der Waals surface area contributed by atoms with Gasteiger partial charge in [0.1, 0.15) is 12.2 Å². The van der Waals surface area contributed by atoms with Gasteiger partial charge in [0.15, 0.2) is 11.5 Å². The number of hydrogen-bond acceptors (Lipinski definition) is 5. The van der Waals surface area contributed by atoms with Crippen LogP contribution in [0.15, 0.2) is 30.3 Å². The van der Waals surface area contributed by atoms with Crippen LogP contribution in [0, 0.1) is 0 Å². The fourth-order valence-electron chi connectivity index (χ4n) is 1.93. The van der Waals surface area contributed by atoms with Crippen LogP contribution >= 0.6 is 0 Å². The van der Waals surface area contributed by atoms with Crippen molar-refractivity contribution >= 4 is 11.8 Å². The van der Waals surface area contributed by atoms with Crippen LogP contribution in [0.25, 0.3) is 11.3 Å². The van der Waals surface area contributed by atoms with Gasteiger partial charge in [0, 0.05) is 12.5 Å². The first kappa shape index (κ1) is 14.9. The molecule has 0 aliphatic heterocycles. The molecule has 1 heterocycles. The van der Waals surface area contributed by atoms with E-state index in [0.29, 0.717) is 12.3 Å². The van der Waals surface area contributed by atoms with Gasteiger partial charge in [-0.25, -0.2) is 4.68 Å². The van der Waals surface area contributed by atoms with Crippen LogP contribution in [0.2, 0.25) is 0 Å². The Morgan fingerprint density at radius 1 is 1.24 bits per heavy atom. The van der Waals surface area contributed by atoms with E-state index in [2.05, 4.69) is 10.3 Å². The van der Waals surface area contributed by atoms with Crippen LogP contribution in [0.3, 0.4) is 0 Å². The number of ketones is 1. The van der Waals surface area contributed by atoms with Crippen molar-refractivity contribution < 1.29 is 14.3 Å². The molecular formula is C15H17N3O3. The summed E-state index contributed by atoms with van der Waals surface area (Å²) in [6, 6.07) is 9.27. The second-order valence-electron chi connectivity index (χ2n) is 4.59. The lowest BCUT2D eigenvalue weighted by molar-refractivity contribution is -0.144. The Hall–Kier alpha value is -2.50. The molecule has 0 radical (unpaired) electrons. The van der Waals surface area contributed by atoms with E-state index in [4.69, 9.17) is 4.74 Å². The van der Waals surface area contributed by atoms with E-state index >= 15 is 0 Å². The number of nitrogens with zero attached hydrogens (tertiary/aromatic N) is 3. The third-order valence-corrected chi connectivity index (χ3v) is 2.86. The molecule has 0 bridgehead atoms.